The Morgan fingerprint density at radius 1 is 1.35 bits per heavy atom. The number of nitro benzene ring substituents is 1. The van der Waals surface area contributed by atoms with Crippen molar-refractivity contribution >= 4 is 17.3 Å². The quantitative estimate of drug-likeness (QED) is 0.686. The molecule has 110 valence electrons. The third kappa shape index (κ3) is 3.23. The van der Waals surface area contributed by atoms with E-state index in [1.54, 1.807) is 4.90 Å². The number of benzene rings is 1. The predicted molar refractivity (Wildman–Crippen MR) is 71.3 cm³/mol. The molecule has 1 atom stereocenters. The first kappa shape index (κ1) is 15.1. The lowest BCUT2D eigenvalue weighted by atomic mass is 10.0. The van der Waals surface area contributed by atoms with Crippen molar-refractivity contribution in [3.05, 3.63) is 38.9 Å². The van der Waals surface area contributed by atoms with Crippen molar-refractivity contribution in [2.45, 2.75) is 12.5 Å². The van der Waals surface area contributed by atoms with Crippen LogP contribution >= 0.6 is 11.6 Å². The van der Waals surface area contributed by atoms with Crippen molar-refractivity contribution < 1.29 is 13.7 Å². The Morgan fingerprint density at radius 2 is 2.00 bits per heavy atom. The van der Waals surface area contributed by atoms with Crippen LogP contribution < -0.4 is 5.32 Å². The summed E-state index contributed by atoms with van der Waals surface area (Å²) in [5.41, 5.74) is -0.122. The number of hydrogen-bond donors (Lipinski definition) is 1. The highest BCUT2D eigenvalue weighted by Crippen LogP contribution is 2.34. The zero-order valence-corrected chi connectivity index (χ0v) is 11.3. The lowest BCUT2D eigenvalue weighted by molar-refractivity contribution is -0.385. The molecule has 1 fully saturated rings. The second-order valence-electron chi connectivity index (χ2n) is 4.53. The van der Waals surface area contributed by atoms with E-state index in [0.717, 1.165) is 6.07 Å². The van der Waals surface area contributed by atoms with Gasteiger partial charge in [-0.15, -0.1) is 0 Å². The summed E-state index contributed by atoms with van der Waals surface area (Å²) in [5.74, 6) is 0. The van der Waals surface area contributed by atoms with Crippen LogP contribution in [0.2, 0.25) is 5.02 Å². The number of non-ortho nitro benzene ring substituents is 1. The monoisotopic (exact) mass is 305 g/mol. The lowest BCUT2D eigenvalue weighted by Gasteiger charge is -2.34. The van der Waals surface area contributed by atoms with Gasteiger partial charge in [-0.25, -0.2) is 8.78 Å². The van der Waals surface area contributed by atoms with Crippen molar-refractivity contribution in [2.24, 2.45) is 0 Å². The SMILES string of the molecule is O=[N+]([O-])c1ccc(Cl)c([C@@H](C(F)F)N2CCNCC2)c1. The molecular formula is C12H14ClF2N3O2. The molecule has 1 heterocycles. The summed E-state index contributed by atoms with van der Waals surface area (Å²) in [5, 5.41) is 14.0. The standard InChI is InChI=1S/C12H14ClF2N3O2/c13-10-2-1-8(18(19)20)7-9(10)11(12(14)15)17-5-3-16-4-6-17/h1-2,7,11-12,16H,3-6H2/t11-/m0/s1. The fourth-order valence-corrected chi connectivity index (χ4v) is 2.55. The van der Waals surface area contributed by atoms with Gasteiger partial charge in [0, 0.05) is 48.9 Å². The number of nitrogens with zero attached hydrogens (tertiary/aromatic N) is 2. The average molecular weight is 306 g/mol. The van der Waals surface area contributed by atoms with E-state index in [2.05, 4.69) is 5.32 Å². The van der Waals surface area contributed by atoms with Crippen LogP contribution in [-0.2, 0) is 0 Å². The van der Waals surface area contributed by atoms with Gasteiger partial charge in [-0.3, -0.25) is 15.0 Å². The predicted octanol–water partition coefficient (Wildman–Crippen LogP) is 2.46. The number of halogens is 3. The fraction of sp³-hybridized carbons (Fsp3) is 0.500. The van der Waals surface area contributed by atoms with Gasteiger partial charge in [0.2, 0.25) is 0 Å². The molecule has 8 heteroatoms. The number of alkyl halides is 2. The molecule has 1 aliphatic heterocycles. The number of nitro groups is 1. The highest BCUT2D eigenvalue weighted by atomic mass is 35.5. The van der Waals surface area contributed by atoms with Crippen LogP contribution in [0.1, 0.15) is 11.6 Å². The van der Waals surface area contributed by atoms with Crippen molar-refractivity contribution in [1.29, 1.82) is 0 Å². The molecule has 5 nitrogen and oxygen atoms in total. The minimum absolute atomic E-state index is 0.109. The molecule has 0 unspecified atom stereocenters. The highest BCUT2D eigenvalue weighted by Gasteiger charge is 2.32. The second kappa shape index (κ2) is 6.43. The van der Waals surface area contributed by atoms with E-state index in [-0.39, 0.29) is 16.3 Å². The normalized spacial score (nSPS) is 18.2. The highest BCUT2D eigenvalue weighted by molar-refractivity contribution is 6.31. The van der Waals surface area contributed by atoms with E-state index < -0.39 is 17.4 Å². The summed E-state index contributed by atoms with van der Waals surface area (Å²) in [6.45, 7) is 2.12. The van der Waals surface area contributed by atoms with E-state index in [1.807, 2.05) is 0 Å². The molecule has 0 radical (unpaired) electrons. The van der Waals surface area contributed by atoms with Gasteiger partial charge in [0.1, 0.15) is 0 Å². The minimum Gasteiger partial charge on any atom is -0.314 e. The van der Waals surface area contributed by atoms with E-state index >= 15 is 0 Å². The van der Waals surface area contributed by atoms with Gasteiger partial charge in [-0.05, 0) is 6.07 Å². The smallest absolute Gasteiger partial charge is 0.269 e. The van der Waals surface area contributed by atoms with Gasteiger partial charge >= 0.3 is 0 Å². The van der Waals surface area contributed by atoms with Crippen LogP contribution in [0.25, 0.3) is 0 Å². The minimum atomic E-state index is -2.66. The summed E-state index contributed by atoms with van der Waals surface area (Å²) in [7, 11) is 0. The van der Waals surface area contributed by atoms with Gasteiger partial charge in [0.05, 0.1) is 11.0 Å². The third-order valence-corrected chi connectivity index (χ3v) is 3.64. The fourth-order valence-electron chi connectivity index (χ4n) is 2.32. The van der Waals surface area contributed by atoms with E-state index in [1.165, 1.54) is 12.1 Å². The van der Waals surface area contributed by atoms with Crippen LogP contribution in [0.15, 0.2) is 18.2 Å². The van der Waals surface area contributed by atoms with Crippen molar-refractivity contribution in [3.8, 4) is 0 Å². The maximum absolute atomic E-state index is 13.4. The van der Waals surface area contributed by atoms with Crippen LogP contribution in [0.3, 0.4) is 0 Å². The third-order valence-electron chi connectivity index (χ3n) is 3.29. The van der Waals surface area contributed by atoms with Crippen molar-refractivity contribution in [3.63, 3.8) is 0 Å². The molecule has 0 aliphatic carbocycles. The molecule has 1 aliphatic rings. The summed E-state index contributed by atoms with van der Waals surface area (Å²) in [6.07, 6.45) is -2.66. The Balaban J connectivity index is 2.37. The second-order valence-corrected chi connectivity index (χ2v) is 4.94. The number of nitrogens with one attached hydrogen (secondary N) is 1. The Kier molecular flexibility index (Phi) is 4.85. The summed E-state index contributed by atoms with van der Waals surface area (Å²) >= 11 is 5.96. The number of piperazine rings is 1. The van der Waals surface area contributed by atoms with E-state index in [0.29, 0.717) is 26.2 Å². The average Bonchev–Trinajstić information content (AvgIpc) is 2.41. The topological polar surface area (TPSA) is 58.4 Å². The maximum Gasteiger partial charge on any atom is 0.269 e. The molecule has 1 aromatic rings. The summed E-state index contributed by atoms with van der Waals surface area (Å²) in [6, 6.07) is 2.43. The summed E-state index contributed by atoms with van der Waals surface area (Å²) in [4.78, 5) is 11.8. The zero-order chi connectivity index (χ0) is 14.7. The first-order valence-corrected chi connectivity index (χ1v) is 6.55. The van der Waals surface area contributed by atoms with Crippen LogP contribution in [0.4, 0.5) is 14.5 Å². The molecule has 0 bridgehead atoms. The Hall–Kier alpha value is -1.31. The van der Waals surface area contributed by atoms with Gasteiger partial charge in [-0.2, -0.15) is 0 Å². The number of hydrogen-bond acceptors (Lipinski definition) is 4. The lowest BCUT2D eigenvalue weighted by Crippen LogP contribution is -2.47. The molecule has 0 saturated carbocycles. The van der Waals surface area contributed by atoms with Crippen LogP contribution in [-0.4, -0.2) is 42.4 Å². The van der Waals surface area contributed by atoms with E-state index in [9.17, 15) is 18.9 Å². The van der Waals surface area contributed by atoms with Gasteiger partial charge < -0.3 is 5.32 Å². The summed E-state index contributed by atoms with van der Waals surface area (Å²) < 4.78 is 26.8. The Bertz CT molecular complexity index is 496. The van der Waals surface area contributed by atoms with Gasteiger partial charge in [0.15, 0.2) is 0 Å². The van der Waals surface area contributed by atoms with Crippen LogP contribution in [0.5, 0.6) is 0 Å². The largest absolute Gasteiger partial charge is 0.314 e. The zero-order valence-electron chi connectivity index (χ0n) is 10.6. The van der Waals surface area contributed by atoms with Crippen molar-refractivity contribution in [1.82, 2.24) is 10.2 Å². The molecule has 0 spiro atoms. The van der Waals surface area contributed by atoms with Crippen LogP contribution in [0, 0.1) is 10.1 Å². The number of rotatable bonds is 4. The Morgan fingerprint density at radius 3 is 2.55 bits per heavy atom. The van der Waals surface area contributed by atoms with Gasteiger partial charge in [0.25, 0.3) is 12.1 Å². The first-order chi connectivity index (χ1) is 9.50. The molecule has 0 aromatic heterocycles. The van der Waals surface area contributed by atoms with Crippen molar-refractivity contribution in [2.75, 3.05) is 26.2 Å². The maximum atomic E-state index is 13.4. The molecular weight excluding hydrogens is 292 g/mol. The Labute approximate surface area is 119 Å². The first-order valence-electron chi connectivity index (χ1n) is 6.17. The molecule has 20 heavy (non-hydrogen) atoms. The molecule has 0 amide bonds. The molecule has 1 saturated heterocycles. The molecule has 1 N–H and O–H groups in total. The molecule has 2 rings (SSSR count). The van der Waals surface area contributed by atoms with E-state index in [4.69, 9.17) is 11.6 Å². The molecule has 1 aromatic carbocycles. The van der Waals surface area contributed by atoms with Gasteiger partial charge in [-0.1, -0.05) is 11.6 Å².